The number of nitrogens with one attached hydrogen (secondary N) is 1. The fourth-order valence-electron chi connectivity index (χ4n) is 6.89. The zero-order valence-corrected chi connectivity index (χ0v) is 25.4. The highest BCUT2D eigenvalue weighted by Crippen LogP contribution is 2.50. The van der Waals surface area contributed by atoms with Crippen molar-refractivity contribution >= 4 is 0 Å². The smallest absolute Gasteiger partial charge is 0.204 e. The van der Waals surface area contributed by atoms with Crippen molar-refractivity contribution in [3.63, 3.8) is 0 Å². The van der Waals surface area contributed by atoms with Crippen LogP contribution in [0.15, 0.2) is 60.7 Å². The fraction of sp³-hybridized carbons (Fsp3) is 0.333. The minimum Gasteiger partial charge on any atom is -0.504 e. The van der Waals surface area contributed by atoms with Crippen LogP contribution < -0.4 is 24.3 Å². The summed E-state index contributed by atoms with van der Waals surface area (Å²) in [7, 11) is 5.30. The molecule has 0 saturated carbocycles. The van der Waals surface area contributed by atoms with Gasteiger partial charge < -0.3 is 34.5 Å². The molecule has 2 atom stereocenters. The molecule has 6 aliphatic heterocycles. The summed E-state index contributed by atoms with van der Waals surface area (Å²) >= 11 is 0. The molecule has 6 heterocycles. The second-order valence-corrected chi connectivity index (χ2v) is 11.9. The molecule has 8 nitrogen and oxygen atoms in total. The number of hydrogen-bond donors (Lipinski definition) is 3. The van der Waals surface area contributed by atoms with E-state index in [1.807, 2.05) is 36.4 Å². The second kappa shape index (κ2) is 11.6. The molecule has 228 valence electrons. The first kappa shape index (κ1) is 28.4. The van der Waals surface area contributed by atoms with Crippen LogP contribution in [0.25, 0.3) is 0 Å². The van der Waals surface area contributed by atoms with Crippen molar-refractivity contribution in [2.75, 3.05) is 34.4 Å². The highest BCUT2D eigenvalue weighted by Gasteiger charge is 2.33. The van der Waals surface area contributed by atoms with Crippen molar-refractivity contribution in [2.24, 2.45) is 0 Å². The van der Waals surface area contributed by atoms with Gasteiger partial charge in [0.25, 0.3) is 0 Å². The Hall–Kier alpha value is -4.40. The lowest BCUT2D eigenvalue weighted by Crippen LogP contribution is -2.33. The normalized spacial score (nSPS) is 19.4. The van der Waals surface area contributed by atoms with Crippen molar-refractivity contribution in [2.45, 2.75) is 44.4 Å². The number of ether oxygens (including phenoxy) is 4. The van der Waals surface area contributed by atoms with Crippen LogP contribution in [0.4, 0.5) is 0 Å². The van der Waals surface area contributed by atoms with Crippen LogP contribution in [0.1, 0.15) is 51.0 Å². The third-order valence-corrected chi connectivity index (χ3v) is 9.28. The van der Waals surface area contributed by atoms with Gasteiger partial charge in [0.05, 0.1) is 14.2 Å². The number of aromatic hydroxyl groups is 2. The monoisotopic (exact) mass is 594 g/mol. The molecular weight excluding hydrogens is 556 g/mol. The molecule has 6 aliphatic rings. The van der Waals surface area contributed by atoms with E-state index in [4.69, 9.17) is 18.9 Å². The third-order valence-electron chi connectivity index (χ3n) is 9.28. The van der Waals surface area contributed by atoms with Gasteiger partial charge in [-0.2, -0.15) is 0 Å². The van der Waals surface area contributed by atoms with Crippen molar-refractivity contribution in [1.29, 1.82) is 0 Å². The standard InChI is InChI=1S/C36H38N2O6/c1-38-15-13-25-18-29(41-2)33(39)36-32(25)28(38)17-22-4-6-23(7-5-22)20-43-35-30(42-3)19-24-12-14-37-27(31(24)34(35)40)16-21-8-10-26(44-36)11-9-21/h4-11,18-19,27-28,37,39-40H,12-17,20H2,1-3H3/t27-,28-/m0/s1. The van der Waals surface area contributed by atoms with E-state index in [2.05, 4.69) is 41.5 Å². The first-order valence-electron chi connectivity index (χ1n) is 15.2. The predicted octanol–water partition coefficient (Wildman–Crippen LogP) is 6.00. The molecule has 0 radical (unpaired) electrons. The molecule has 6 bridgehead atoms. The average Bonchev–Trinajstić information content (AvgIpc) is 3.04. The number of nitrogens with zero attached hydrogens (tertiary/aromatic N) is 1. The second-order valence-electron chi connectivity index (χ2n) is 11.9. The fourth-order valence-corrected chi connectivity index (χ4v) is 6.89. The summed E-state index contributed by atoms with van der Waals surface area (Å²) in [5.41, 5.74) is 7.24. The van der Waals surface area contributed by atoms with E-state index in [0.29, 0.717) is 41.8 Å². The number of hydrogen-bond acceptors (Lipinski definition) is 8. The maximum absolute atomic E-state index is 11.5. The number of benzene rings is 4. The molecule has 0 fully saturated rings. The molecule has 0 aromatic heterocycles. The van der Waals surface area contributed by atoms with Crippen LogP contribution in [0.3, 0.4) is 0 Å². The van der Waals surface area contributed by atoms with Gasteiger partial charge in [-0.25, -0.2) is 0 Å². The quantitative estimate of drug-likeness (QED) is 0.260. The first-order valence-corrected chi connectivity index (χ1v) is 15.2. The molecule has 44 heavy (non-hydrogen) atoms. The highest BCUT2D eigenvalue weighted by molar-refractivity contribution is 5.62. The van der Waals surface area contributed by atoms with Crippen LogP contribution in [-0.2, 0) is 32.3 Å². The molecule has 10 rings (SSSR count). The van der Waals surface area contributed by atoms with E-state index in [9.17, 15) is 10.2 Å². The van der Waals surface area contributed by atoms with Crippen LogP contribution in [0.5, 0.6) is 40.2 Å². The SMILES string of the molecule is COc1cc2c3c(c1O)Oc1ccc(cc1)C[C@@H]1NCCc4cc(OC)c(c(O)c41)OCc1ccc(cc1)C[C@@H]3N(C)CC2. The summed E-state index contributed by atoms with van der Waals surface area (Å²) in [6.45, 7) is 1.97. The minimum atomic E-state index is -0.102. The lowest BCUT2D eigenvalue weighted by atomic mass is 9.87. The molecule has 4 aromatic rings. The van der Waals surface area contributed by atoms with Crippen molar-refractivity contribution in [3.8, 4) is 40.2 Å². The van der Waals surface area contributed by atoms with E-state index < -0.39 is 0 Å². The van der Waals surface area contributed by atoms with E-state index in [1.165, 1.54) is 0 Å². The van der Waals surface area contributed by atoms with Gasteiger partial charge in [-0.15, -0.1) is 0 Å². The van der Waals surface area contributed by atoms with Crippen molar-refractivity contribution in [3.05, 3.63) is 99.6 Å². The van der Waals surface area contributed by atoms with Gasteiger partial charge in [0, 0.05) is 29.8 Å². The Morgan fingerprint density at radius 1 is 0.773 bits per heavy atom. The molecule has 0 amide bonds. The number of methoxy groups -OCH3 is 2. The molecule has 8 heteroatoms. The Labute approximate surface area is 257 Å². The molecule has 0 saturated heterocycles. The van der Waals surface area contributed by atoms with E-state index in [-0.39, 0.29) is 23.6 Å². The van der Waals surface area contributed by atoms with Gasteiger partial charge in [-0.05, 0) is 91.4 Å². The summed E-state index contributed by atoms with van der Waals surface area (Å²) in [5, 5.41) is 26.5. The molecule has 0 aliphatic carbocycles. The van der Waals surface area contributed by atoms with Gasteiger partial charge in [-0.1, -0.05) is 36.4 Å². The Morgan fingerprint density at radius 2 is 1.43 bits per heavy atom. The summed E-state index contributed by atoms with van der Waals surface area (Å²) in [6, 6.07) is 20.1. The predicted molar refractivity (Wildman–Crippen MR) is 168 cm³/mol. The molecule has 0 spiro atoms. The lowest BCUT2D eigenvalue weighted by molar-refractivity contribution is 0.222. The largest absolute Gasteiger partial charge is 0.504 e. The van der Waals surface area contributed by atoms with E-state index >= 15 is 0 Å². The van der Waals surface area contributed by atoms with Crippen molar-refractivity contribution in [1.82, 2.24) is 10.2 Å². The number of rotatable bonds is 2. The molecule has 3 N–H and O–H groups in total. The first-order chi connectivity index (χ1) is 21.4. The highest BCUT2D eigenvalue weighted by atomic mass is 16.5. The number of phenols is 2. The van der Waals surface area contributed by atoms with Gasteiger partial charge in [-0.3, -0.25) is 4.90 Å². The maximum atomic E-state index is 11.5. The van der Waals surface area contributed by atoms with E-state index in [1.54, 1.807) is 14.2 Å². The van der Waals surface area contributed by atoms with Crippen LogP contribution in [-0.4, -0.2) is 49.5 Å². The Bertz CT molecular complexity index is 1690. The van der Waals surface area contributed by atoms with Crippen LogP contribution >= 0.6 is 0 Å². The Balaban J connectivity index is 1.35. The molecular formula is C36H38N2O6. The molecule has 4 aromatic carbocycles. The Kier molecular flexibility index (Phi) is 7.48. The number of phenolic OH excluding ortho intramolecular Hbond substituents is 2. The van der Waals surface area contributed by atoms with Crippen molar-refractivity contribution < 1.29 is 29.2 Å². The van der Waals surface area contributed by atoms with Gasteiger partial charge in [0.2, 0.25) is 11.5 Å². The zero-order valence-electron chi connectivity index (χ0n) is 25.4. The zero-order chi connectivity index (χ0) is 30.4. The van der Waals surface area contributed by atoms with E-state index in [0.717, 1.165) is 71.3 Å². The van der Waals surface area contributed by atoms with Gasteiger partial charge in [0.15, 0.2) is 23.0 Å². The summed E-state index contributed by atoms with van der Waals surface area (Å²) in [5.74, 6) is 2.52. The summed E-state index contributed by atoms with van der Waals surface area (Å²) in [4.78, 5) is 2.32. The van der Waals surface area contributed by atoms with Crippen LogP contribution in [0.2, 0.25) is 0 Å². The lowest BCUT2D eigenvalue weighted by Gasteiger charge is -2.36. The summed E-state index contributed by atoms with van der Waals surface area (Å²) < 4.78 is 24.0. The number of likely N-dealkylation sites (N-methyl/N-ethyl adjacent to an activating group) is 1. The summed E-state index contributed by atoms with van der Waals surface area (Å²) in [6.07, 6.45) is 3.02. The Morgan fingerprint density at radius 3 is 2.18 bits per heavy atom. The van der Waals surface area contributed by atoms with Gasteiger partial charge in [0.1, 0.15) is 12.4 Å². The topological polar surface area (TPSA) is 92.7 Å². The average molecular weight is 595 g/mol. The van der Waals surface area contributed by atoms with Gasteiger partial charge >= 0.3 is 0 Å². The molecule has 0 unspecified atom stereocenters. The minimum absolute atomic E-state index is 0.00644. The van der Waals surface area contributed by atoms with Crippen LogP contribution in [0, 0.1) is 0 Å². The maximum Gasteiger partial charge on any atom is 0.204 e. The third kappa shape index (κ3) is 5.08.